The minimum Gasteiger partial charge on any atom is -0.386 e. The van der Waals surface area contributed by atoms with Crippen LogP contribution >= 0.6 is 0 Å². The van der Waals surface area contributed by atoms with Gasteiger partial charge in [0.15, 0.2) is 0 Å². The second-order valence-electron chi connectivity index (χ2n) is 6.93. The minimum atomic E-state index is -0.354. The number of hydrogen-bond donors (Lipinski definition) is 1. The van der Waals surface area contributed by atoms with Gasteiger partial charge in [-0.3, -0.25) is 9.58 Å². The highest BCUT2D eigenvalue weighted by Crippen LogP contribution is 2.40. The first-order valence-electron chi connectivity index (χ1n) is 8.80. The van der Waals surface area contributed by atoms with Crippen molar-refractivity contribution in [1.29, 1.82) is 0 Å². The Balaban J connectivity index is 1.42. The zero-order chi connectivity index (χ0) is 15.6. The maximum absolute atomic E-state index is 10.3. The van der Waals surface area contributed by atoms with E-state index in [4.69, 9.17) is 0 Å². The summed E-state index contributed by atoms with van der Waals surface area (Å²) < 4.78 is 2.11. The van der Waals surface area contributed by atoms with Crippen molar-refractivity contribution in [2.24, 2.45) is 5.92 Å². The van der Waals surface area contributed by atoms with Crippen molar-refractivity contribution in [2.75, 3.05) is 13.1 Å². The molecule has 2 aromatic rings. The number of aliphatic hydroxyl groups is 1. The van der Waals surface area contributed by atoms with Gasteiger partial charge in [0.05, 0.1) is 11.4 Å². The molecular formula is C19H25N3O. The van der Waals surface area contributed by atoms with Crippen molar-refractivity contribution in [3.05, 3.63) is 53.3 Å². The molecule has 1 aromatic carbocycles. The van der Waals surface area contributed by atoms with Crippen LogP contribution in [0.5, 0.6) is 0 Å². The molecule has 0 bridgehead atoms. The van der Waals surface area contributed by atoms with Gasteiger partial charge in [-0.1, -0.05) is 30.3 Å². The third-order valence-electron chi connectivity index (χ3n) is 5.04. The molecule has 1 N–H and O–H groups in total. The molecule has 4 nitrogen and oxygen atoms in total. The van der Waals surface area contributed by atoms with E-state index in [1.165, 1.54) is 11.3 Å². The maximum atomic E-state index is 10.3. The van der Waals surface area contributed by atoms with E-state index < -0.39 is 0 Å². The quantitative estimate of drug-likeness (QED) is 0.923. The van der Waals surface area contributed by atoms with E-state index >= 15 is 0 Å². The Morgan fingerprint density at radius 2 is 2.00 bits per heavy atom. The molecule has 23 heavy (non-hydrogen) atoms. The molecule has 122 valence electrons. The minimum absolute atomic E-state index is 0.354. The Morgan fingerprint density at radius 3 is 2.78 bits per heavy atom. The summed E-state index contributed by atoms with van der Waals surface area (Å²) in [5, 5.41) is 15.0. The Bertz CT molecular complexity index is 648. The molecule has 1 fully saturated rings. The number of aryl methyl sites for hydroxylation is 1. The predicted molar refractivity (Wildman–Crippen MR) is 90.0 cm³/mol. The Kier molecular flexibility index (Phi) is 4.19. The third kappa shape index (κ3) is 3.48. The lowest BCUT2D eigenvalue weighted by atomic mass is 10.1. The molecule has 1 aliphatic heterocycles. The van der Waals surface area contributed by atoms with Crippen LogP contribution in [0.25, 0.3) is 0 Å². The standard InChI is InChI=1S/C19H25N3O/c23-19(16-7-8-16)18-13-17-14-21(10-4-11-22(17)20-18)12-9-15-5-2-1-3-6-15/h1-3,5-6,13,16,19,23H,4,7-12,14H2. The summed E-state index contributed by atoms with van der Waals surface area (Å²) in [5.41, 5.74) is 3.53. The van der Waals surface area contributed by atoms with E-state index in [1.54, 1.807) is 0 Å². The number of rotatable bonds is 5. The van der Waals surface area contributed by atoms with Gasteiger partial charge < -0.3 is 5.11 Å². The van der Waals surface area contributed by atoms with Gasteiger partial charge in [0.1, 0.15) is 6.10 Å². The fourth-order valence-corrected chi connectivity index (χ4v) is 3.47. The summed E-state index contributed by atoms with van der Waals surface area (Å²) >= 11 is 0. The second kappa shape index (κ2) is 6.46. The largest absolute Gasteiger partial charge is 0.386 e. The average molecular weight is 311 g/mol. The molecule has 1 aromatic heterocycles. The Hall–Kier alpha value is -1.65. The first kappa shape index (κ1) is 14.9. The molecule has 0 spiro atoms. The number of hydrogen-bond acceptors (Lipinski definition) is 3. The number of fused-ring (bicyclic) bond motifs is 1. The van der Waals surface area contributed by atoms with Crippen molar-refractivity contribution >= 4 is 0 Å². The monoisotopic (exact) mass is 311 g/mol. The summed E-state index contributed by atoms with van der Waals surface area (Å²) in [6, 6.07) is 12.8. The van der Waals surface area contributed by atoms with Crippen LogP contribution in [0.2, 0.25) is 0 Å². The van der Waals surface area contributed by atoms with Crippen molar-refractivity contribution in [2.45, 2.75) is 44.9 Å². The van der Waals surface area contributed by atoms with Crippen LogP contribution in [0.4, 0.5) is 0 Å². The van der Waals surface area contributed by atoms with Crippen LogP contribution in [0.15, 0.2) is 36.4 Å². The predicted octanol–water partition coefficient (Wildman–Crippen LogP) is 2.77. The molecular weight excluding hydrogens is 286 g/mol. The van der Waals surface area contributed by atoms with Crippen molar-refractivity contribution in [1.82, 2.24) is 14.7 Å². The summed E-state index contributed by atoms with van der Waals surface area (Å²) in [7, 11) is 0. The fourth-order valence-electron chi connectivity index (χ4n) is 3.47. The molecule has 1 saturated carbocycles. The number of benzene rings is 1. The van der Waals surface area contributed by atoms with E-state index in [-0.39, 0.29) is 6.10 Å². The van der Waals surface area contributed by atoms with Gasteiger partial charge in [-0.25, -0.2) is 0 Å². The average Bonchev–Trinajstić information content (AvgIpc) is 3.38. The van der Waals surface area contributed by atoms with Crippen LogP contribution < -0.4 is 0 Å². The molecule has 0 amide bonds. The van der Waals surface area contributed by atoms with Crippen LogP contribution in [0.3, 0.4) is 0 Å². The van der Waals surface area contributed by atoms with Gasteiger partial charge in [0.25, 0.3) is 0 Å². The van der Waals surface area contributed by atoms with Crippen LogP contribution in [0.1, 0.15) is 42.3 Å². The molecule has 4 rings (SSSR count). The highest BCUT2D eigenvalue weighted by atomic mass is 16.3. The van der Waals surface area contributed by atoms with Gasteiger partial charge >= 0.3 is 0 Å². The van der Waals surface area contributed by atoms with Crippen molar-refractivity contribution in [3.63, 3.8) is 0 Å². The molecule has 4 heteroatoms. The third-order valence-corrected chi connectivity index (χ3v) is 5.04. The van der Waals surface area contributed by atoms with E-state index in [0.29, 0.717) is 5.92 Å². The number of aliphatic hydroxyl groups excluding tert-OH is 1. The SMILES string of the molecule is OC(c1cc2n(n1)CCCN(CCc1ccccc1)C2)C1CC1. The molecule has 0 radical (unpaired) electrons. The van der Waals surface area contributed by atoms with Crippen LogP contribution in [0, 0.1) is 5.92 Å². The number of nitrogens with zero attached hydrogens (tertiary/aromatic N) is 3. The molecule has 0 saturated heterocycles. The lowest BCUT2D eigenvalue weighted by Gasteiger charge is -2.19. The summed E-state index contributed by atoms with van der Waals surface area (Å²) in [5.74, 6) is 0.448. The Morgan fingerprint density at radius 1 is 1.17 bits per heavy atom. The fraction of sp³-hybridized carbons (Fsp3) is 0.526. The van der Waals surface area contributed by atoms with Gasteiger partial charge in [-0.05, 0) is 43.2 Å². The van der Waals surface area contributed by atoms with E-state index in [2.05, 4.69) is 51.1 Å². The van der Waals surface area contributed by atoms with Crippen molar-refractivity contribution < 1.29 is 5.11 Å². The summed E-state index contributed by atoms with van der Waals surface area (Å²) in [4.78, 5) is 2.51. The normalized spacial score (nSPS) is 20.0. The zero-order valence-electron chi connectivity index (χ0n) is 13.6. The summed E-state index contributed by atoms with van der Waals surface area (Å²) in [6.07, 6.45) is 4.15. The lowest BCUT2D eigenvalue weighted by Crippen LogP contribution is -2.25. The second-order valence-corrected chi connectivity index (χ2v) is 6.93. The molecule has 2 aliphatic rings. The molecule has 2 heterocycles. The molecule has 1 unspecified atom stereocenters. The van der Waals surface area contributed by atoms with Crippen molar-refractivity contribution in [3.8, 4) is 0 Å². The zero-order valence-corrected chi connectivity index (χ0v) is 13.6. The van der Waals surface area contributed by atoms with Gasteiger partial charge in [0, 0.05) is 26.2 Å². The molecule has 1 aliphatic carbocycles. The Labute approximate surface area is 137 Å². The van der Waals surface area contributed by atoms with Gasteiger partial charge in [0.2, 0.25) is 0 Å². The molecule has 1 atom stereocenters. The van der Waals surface area contributed by atoms with E-state index in [0.717, 1.165) is 57.6 Å². The van der Waals surface area contributed by atoms with E-state index in [1.807, 2.05) is 0 Å². The maximum Gasteiger partial charge on any atom is 0.101 e. The first-order chi connectivity index (χ1) is 11.3. The first-order valence-corrected chi connectivity index (χ1v) is 8.80. The van der Waals surface area contributed by atoms with Crippen LogP contribution in [-0.2, 0) is 19.5 Å². The summed E-state index contributed by atoms with van der Waals surface area (Å²) in [6.45, 7) is 4.11. The number of aromatic nitrogens is 2. The highest BCUT2D eigenvalue weighted by molar-refractivity contribution is 5.17. The highest BCUT2D eigenvalue weighted by Gasteiger charge is 2.33. The smallest absolute Gasteiger partial charge is 0.101 e. The van der Waals surface area contributed by atoms with Crippen LogP contribution in [-0.4, -0.2) is 32.9 Å². The topological polar surface area (TPSA) is 41.3 Å². The van der Waals surface area contributed by atoms with E-state index in [9.17, 15) is 5.11 Å². The van der Waals surface area contributed by atoms with Gasteiger partial charge in [-0.2, -0.15) is 5.10 Å². The van der Waals surface area contributed by atoms with Gasteiger partial charge in [-0.15, -0.1) is 0 Å². The lowest BCUT2D eigenvalue weighted by molar-refractivity contribution is 0.148.